The number of nitrogens with zero attached hydrogens (tertiary/aromatic N) is 6. The van der Waals surface area contributed by atoms with Crippen molar-refractivity contribution in [3.8, 4) is 11.1 Å². The normalized spacial score (nSPS) is 29.5. The van der Waals surface area contributed by atoms with Crippen LogP contribution in [0.15, 0.2) is 48.9 Å². The molecule has 0 radical (unpaired) electrons. The molecule has 2 unspecified atom stereocenters. The first kappa shape index (κ1) is 20.9. The molecule has 2 saturated heterocycles. The summed E-state index contributed by atoms with van der Waals surface area (Å²) in [5, 5.41) is 7.61. The van der Waals surface area contributed by atoms with Crippen LogP contribution in [-0.4, -0.2) is 54.4 Å². The van der Waals surface area contributed by atoms with Gasteiger partial charge in [0.2, 0.25) is 0 Å². The van der Waals surface area contributed by atoms with E-state index in [0.717, 1.165) is 0 Å². The largest absolute Gasteiger partial charge is 0.442 e. The number of rotatable bonds is 5. The highest BCUT2D eigenvalue weighted by atomic mass is 32.2. The van der Waals surface area contributed by atoms with Crippen LogP contribution < -0.4 is 4.90 Å². The second-order valence-corrected chi connectivity index (χ2v) is 10.3. The molecule has 1 saturated carbocycles. The second kappa shape index (κ2) is 7.70. The summed E-state index contributed by atoms with van der Waals surface area (Å²) in [5.74, 6) is 0.789. The number of carbonyl (C=O) groups is 1. The Morgan fingerprint density at radius 3 is 2.74 bits per heavy atom. The molecule has 2 aromatic heterocycles. The molecule has 34 heavy (non-hydrogen) atoms. The minimum atomic E-state index is -0.844. The molecular formula is C23H19FN6O3S. The Hall–Kier alpha value is -3.65. The van der Waals surface area contributed by atoms with E-state index in [0.29, 0.717) is 40.6 Å². The van der Waals surface area contributed by atoms with Gasteiger partial charge < -0.3 is 9.58 Å². The van der Waals surface area contributed by atoms with Gasteiger partial charge in [-0.15, -0.1) is 5.10 Å². The number of halogens is 1. The molecule has 3 aliphatic rings. The Balaban J connectivity index is 1.19. The minimum absolute atomic E-state index is 0.0915. The van der Waals surface area contributed by atoms with Crippen LogP contribution in [0.2, 0.25) is 0 Å². The third-order valence-corrected chi connectivity index (χ3v) is 8.37. The molecule has 6 rings (SSSR count). The summed E-state index contributed by atoms with van der Waals surface area (Å²) in [6.45, 7) is 8.33. The van der Waals surface area contributed by atoms with Gasteiger partial charge in [0.05, 0.1) is 36.8 Å². The summed E-state index contributed by atoms with van der Waals surface area (Å²) in [6, 6.07) is 8.13. The number of aromatic nitrogens is 4. The molecule has 3 fully saturated rings. The van der Waals surface area contributed by atoms with Crippen molar-refractivity contribution in [1.82, 2.24) is 20.0 Å². The molecular weight excluding hydrogens is 459 g/mol. The predicted octanol–water partition coefficient (Wildman–Crippen LogP) is 2.63. The molecule has 5 atom stereocenters. The number of fused-ring (bicyclic) bond motifs is 1. The van der Waals surface area contributed by atoms with E-state index >= 15 is 4.39 Å². The van der Waals surface area contributed by atoms with Crippen LogP contribution >= 0.6 is 0 Å². The second-order valence-electron chi connectivity index (χ2n) is 8.76. The molecule has 1 amide bonds. The summed E-state index contributed by atoms with van der Waals surface area (Å²) >= 11 is 0. The highest BCUT2D eigenvalue weighted by molar-refractivity contribution is 7.85. The number of amides is 1. The maximum absolute atomic E-state index is 15.1. The summed E-state index contributed by atoms with van der Waals surface area (Å²) in [6.07, 6.45) is 3.85. The highest BCUT2D eigenvalue weighted by Gasteiger charge is 2.77. The van der Waals surface area contributed by atoms with Crippen molar-refractivity contribution in [1.29, 1.82) is 0 Å². The lowest BCUT2D eigenvalue weighted by Gasteiger charge is -2.15. The van der Waals surface area contributed by atoms with Gasteiger partial charge in [-0.2, -0.15) is 0 Å². The number of cyclic esters (lactones) is 1. The van der Waals surface area contributed by atoms with Gasteiger partial charge in [0.25, 0.3) is 5.54 Å². The molecule has 11 heteroatoms. The number of anilines is 1. The van der Waals surface area contributed by atoms with Crippen molar-refractivity contribution < 1.29 is 18.1 Å². The van der Waals surface area contributed by atoms with Crippen LogP contribution in [0.3, 0.4) is 0 Å². The molecule has 4 heterocycles. The van der Waals surface area contributed by atoms with Gasteiger partial charge in [-0.05, 0) is 24.3 Å². The van der Waals surface area contributed by atoms with Gasteiger partial charge in [-0.3, -0.25) is 14.1 Å². The van der Waals surface area contributed by atoms with E-state index in [2.05, 4.69) is 20.1 Å². The van der Waals surface area contributed by atoms with E-state index < -0.39 is 34.4 Å². The fraction of sp³-hybridized carbons (Fsp3) is 0.348. The van der Waals surface area contributed by atoms with E-state index in [1.54, 1.807) is 47.5 Å². The number of carbonyl (C=O) groups excluding carboxylic acids is 1. The third kappa shape index (κ3) is 3.20. The fourth-order valence-electron chi connectivity index (χ4n) is 5.14. The molecule has 0 spiro atoms. The molecule has 1 aliphatic carbocycles. The van der Waals surface area contributed by atoms with Crippen LogP contribution in [0.4, 0.5) is 14.9 Å². The van der Waals surface area contributed by atoms with Crippen molar-refractivity contribution in [3.63, 3.8) is 0 Å². The lowest BCUT2D eigenvalue weighted by Crippen LogP contribution is -2.26. The molecule has 0 N–H and O–H groups in total. The Labute approximate surface area is 196 Å². The maximum atomic E-state index is 15.1. The molecule has 172 valence electrons. The van der Waals surface area contributed by atoms with Crippen LogP contribution in [0.5, 0.6) is 0 Å². The zero-order valence-corrected chi connectivity index (χ0v) is 18.7. The first-order chi connectivity index (χ1) is 16.5. The van der Waals surface area contributed by atoms with Crippen molar-refractivity contribution in [2.24, 2.45) is 11.8 Å². The quantitative estimate of drug-likeness (QED) is 0.524. The minimum Gasteiger partial charge on any atom is -0.442 e. The Morgan fingerprint density at radius 2 is 2.09 bits per heavy atom. The van der Waals surface area contributed by atoms with Crippen molar-refractivity contribution in [2.45, 2.75) is 18.2 Å². The van der Waals surface area contributed by atoms with Crippen LogP contribution in [-0.2, 0) is 27.6 Å². The molecule has 0 bridgehead atoms. The lowest BCUT2D eigenvalue weighted by molar-refractivity contribution is 0.129. The number of ether oxygens (including phenoxy) is 1. The summed E-state index contributed by atoms with van der Waals surface area (Å²) in [4.78, 5) is 22.1. The van der Waals surface area contributed by atoms with Crippen LogP contribution in [0.1, 0.15) is 5.69 Å². The zero-order chi connectivity index (χ0) is 23.4. The zero-order valence-electron chi connectivity index (χ0n) is 17.9. The summed E-state index contributed by atoms with van der Waals surface area (Å²) in [5.41, 5.74) is 1.31. The van der Waals surface area contributed by atoms with Crippen LogP contribution in [0, 0.1) is 24.2 Å². The standard InChI is InChI=1S/C23H19FN6O3S/c1-25-23(18-12-34(32)13-19(18)23)21-5-2-14(9-26-21)17-4-3-15(8-20(17)24)30-11-16(33-22(30)31)10-29-7-6-27-28-29/h2-9,16,18-19H,10-13H2/t16-,18-,19+,23?,34?/m0/s1. The van der Waals surface area contributed by atoms with Crippen molar-refractivity contribution >= 4 is 22.6 Å². The Kier molecular flexibility index (Phi) is 4.74. The van der Waals surface area contributed by atoms with E-state index in [-0.39, 0.29) is 18.4 Å². The lowest BCUT2D eigenvalue weighted by atomic mass is 10.0. The number of hydrogen-bond acceptors (Lipinski definition) is 6. The fourth-order valence-corrected chi connectivity index (χ4v) is 7.05. The van der Waals surface area contributed by atoms with Gasteiger partial charge in [-0.25, -0.2) is 20.4 Å². The Morgan fingerprint density at radius 1 is 1.26 bits per heavy atom. The Bertz CT molecular complexity index is 1330. The maximum Gasteiger partial charge on any atom is 0.414 e. The van der Waals surface area contributed by atoms with Gasteiger partial charge in [0.15, 0.2) is 0 Å². The van der Waals surface area contributed by atoms with Crippen molar-refractivity contribution in [3.05, 3.63) is 71.9 Å². The molecule has 3 aromatic rings. The predicted molar refractivity (Wildman–Crippen MR) is 120 cm³/mol. The molecule has 1 aromatic carbocycles. The van der Waals surface area contributed by atoms with E-state index in [1.165, 1.54) is 11.0 Å². The highest BCUT2D eigenvalue weighted by Crippen LogP contribution is 2.64. The van der Waals surface area contributed by atoms with E-state index in [9.17, 15) is 9.00 Å². The van der Waals surface area contributed by atoms with Gasteiger partial charge >= 0.3 is 6.09 Å². The van der Waals surface area contributed by atoms with Crippen LogP contribution in [0.25, 0.3) is 16.0 Å². The average Bonchev–Trinajstić information content (AvgIpc) is 3.31. The first-order valence-electron chi connectivity index (χ1n) is 10.8. The monoisotopic (exact) mass is 478 g/mol. The third-order valence-electron chi connectivity index (χ3n) is 6.91. The van der Waals surface area contributed by atoms with Gasteiger partial charge in [0, 0.05) is 45.8 Å². The average molecular weight is 479 g/mol. The first-order valence-corrected chi connectivity index (χ1v) is 12.3. The number of hydrogen-bond donors (Lipinski definition) is 0. The van der Waals surface area contributed by atoms with Crippen molar-refractivity contribution in [2.75, 3.05) is 23.0 Å². The van der Waals surface area contributed by atoms with E-state index in [1.807, 2.05) is 0 Å². The summed E-state index contributed by atoms with van der Waals surface area (Å²) in [7, 11) is -0.844. The number of pyridine rings is 1. The van der Waals surface area contributed by atoms with E-state index in [4.69, 9.17) is 11.3 Å². The van der Waals surface area contributed by atoms with Gasteiger partial charge in [-0.1, -0.05) is 11.3 Å². The number of benzene rings is 1. The molecule has 2 aliphatic heterocycles. The smallest absolute Gasteiger partial charge is 0.414 e. The SMILES string of the molecule is [C-]#[N+]C1(c2ccc(-c3ccc(N4C[C@H](Cn5ccnn5)OC4=O)cc3F)cn2)[C@@H]2CS(=O)C[C@@H]21. The topological polar surface area (TPSA) is 94.6 Å². The molecule has 9 nitrogen and oxygen atoms in total. The van der Waals surface area contributed by atoms with Gasteiger partial charge in [0.1, 0.15) is 17.6 Å². The summed E-state index contributed by atoms with van der Waals surface area (Å²) < 4.78 is 33.7.